The number of unbranched alkanes of at least 4 members (excludes halogenated alkanes) is 17. The molecule has 0 aromatic carbocycles. The molecule has 0 bridgehead atoms. The van der Waals surface area contributed by atoms with Gasteiger partial charge in [0.05, 0.1) is 6.42 Å². The van der Waals surface area contributed by atoms with E-state index in [1.54, 1.807) is 0 Å². The van der Waals surface area contributed by atoms with Crippen molar-refractivity contribution in [3.63, 3.8) is 0 Å². The number of rotatable bonds is 25. The van der Waals surface area contributed by atoms with E-state index in [2.05, 4.69) is 6.92 Å². The molecule has 0 rings (SSSR count). The maximum atomic E-state index is 11.9. The SMILES string of the molecule is CCCCCCCCCC(=O)CC(=O)CCCCCCCCCCCCCCC(=O)O. The molecular formula is C27H50O4. The minimum Gasteiger partial charge on any atom is -0.481 e. The Morgan fingerprint density at radius 3 is 1.06 bits per heavy atom. The van der Waals surface area contributed by atoms with E-state index < -0.39 is 5.97 Å². The van der Waals surface area contributed by atoms with Crippen LogP contribution in [0.5, 0.6) is 0 Å². The highest BCUT2D eigenvalue weighted by atomic mass is 16.4. The smallest absolute Gasteiger partial charge is 0.303 e. The standard InChI is InChI=1S/C27H50O4/c1-2-3-4-5-12-15-18-21-25(28)24-26(29)22-19-16-13-10-8-6-7-9-11-14-17-20-23-27(30)31/h2-24H2,1H3,(H,30,31). The number of aliphatic carboxylic acids is 1. The Morgan fingerprint density at radius 2 is 0.742 bits per heavy atom. The molecular weight excluding hydrogens is 388 g/mol. The van der Waals surface area contributed by atoms with Crippen LogP contribution in [0.1, 0.15) is 155 Å². The maximum absolute atomic E-state index is 11.9. The normalized spacial score (nSPS) is 11.0. The van der Waals surface area contributed by atoms with Gasteiger partial charge in [0.15, 0.2) is 0 Å². The van der Waals surface area contributed by atoms with Crippen LogP contribution in [0.25, 0.3) is 0 Å². The van der Waals surface area contributed by atoms with E-state index in [-0.39, 0.29) is 18.0 Å². The van der Waals surface area contributed by atoms with E-state index in [9.17, 15) is 14.4 Å². The fourth-order valence-electron chi connectivity index (χ4n) is 4.04. The number of hydrogen-bond donors (Lipinski definition) is 1. The highest BCUT2D eigenvalue weighted by Crippen LogP contribution is 2.14. The van der Waals surface area contributed by atoms with Crippen molar-refractivity contribution >= 4 is 17.5 Å². The molecule has 0 atom stereocenters. The molecule has 0 amide bonds. The summed E-state index contributed by atoms with van der Waals surface area (Å²) in [6, 6.07) is 0. The van der Waals surface area contributed by atoms with Crippen molar-refractivity contribution < 1.29 is 19.5 Å². The predicted molar refractivity (Wildman–Crippen MR) is 130 cm³/mol. The largest absolute Gasteiger partial charge is 0.481 e. The van der Waals surface area contributed by atoms with E-state index in [0.29, 0.717) is 19.3 Å². The third-order valence-corrected chi connectivity index (χ3v) is 6.05. The summed E-state index contributed by atoms with van der Waals surface area (Å²) in [7, 11) is 0. The molecule has 0 radical (unpaired) electrons. The van der Waals surface area contributed by atoms with Crippen molar-refractivity contribution in [2.24, 2.45) is 0 Å². The topological polar surface area (TPSA) is 71.4 Å². The Morgan fingerprint density at radius 1 is 0.452 bits per heavy atom. The van der Waals surface area contributed by atoms with E-state index in [1.807, 2.05) is 0 Å². The zero-order valence-electron chi connectivity index (χ0n) is 20.4. The van der Waals surface area contributed by atoms with Gasteiger partial charge in [-0.15, -0.1) is 0 Å². The van der Waals surface area contributed by atoms with Crippen molar-refractivity contribution in [3.05, 3.63) is 0 Å². The molecule has 0 aliphatic rings. The van der Waals surface area contributed by atoms with E-state index >= 15 is 0 Å². The van der Waals surface area contributed by atoms with Crippen LogP contribution in [-0.2, 0) is 14.4 Å². The van der Waals surface area contributed by atoms with Gasteiger partial charge in [0.1, 0.15) is 11.6 Å². The van der Waals surface area contributed by atoms with Crippen molar-refractivity contribution in [3.8, 4) is 0 Å². The minimum atomic E-state index is -0.684. The summed E-state index contributed by atoms with van der Waals surface area (Å²) >= 11 is 0. The average Bonchev–Trinajstić information content (AvgIpc) is 2.73. The molecule has 0 aliphatic carbocycles. The summed E-state index contributed by atoms with van der Waals surface area (Å²) < 4.78 is 0. The molecule has 0 aromatic heterocycles. The minimum absolute atomic E-state index is 0.135. The van der Waals surface area contributed by atoms with Gasteiger partial charge >= 0.3 is 5.97 Å². The van der Waals surface area contributed by atoms with Crippen LogP contribution in [0, 0.1) is 0 Å². The summed E-state index contributed by atoms with van der Waals surface area (Å²) in [5.74, 6) is -0.409. The lowest BCUT2D eigenvalue weighted by molar-refractivity contribution is -0.137. The number of Topliss-reactive ketones (excluding diaryl/α,β-unsaturated/α-hetero) is 2. The van der Waals surface area contributed by atoms with Gasteiger partial charge in [0, 0.05) is 19.3 Å². The Kier molecular flexibility index (Phi) is 22.6. The first-order chi connectivity index (χ1) is 15.1. The Labute approximate surface area is 192 Å². The summed E-state index contributed by atoms with van der Waals surface area (Å²) in [5.41, 5.74) is 0. The molecule has 4 heteroatoms. The van der Waals surface area contributed by atoms with Crippen LogP contribution in [0.4, 0.5) is 0 Å². The molecule has 0 aromatic rings. The second-order valence-corrected chi connectivity index (χ2v) is 9.26. The van der Waals surface area contributed by atoms with Crippen molar-refractivity contribution in [2.75, 3.05) is 0 Å². The highest BCUT2D eigenvalue weighted by molar-refractivity contribution is 5.98. The number of ketones is 2. The first kappa shape index (κ1) is 29.8. The quantitative estimate of drug-likeness (QED) is 0.115. The molecule has 182 valence electrons. The second-order valence-electron chi connectivity index (χ2n) is 9.26. The maximum Gasteiger partial charge on any atom is 0.303 e. The van der Waals surface area contributed by atoms with E-state index in [0.717, 1.165) is 44.9 Å². The zero-order valence-corrected chi connectivity index (χ0v) is 20.4. The summed E-state index contributed by atoms with van der Waals surface area (Å²) in [4.78, 5) is 34.3. The van der Waals surface area contributed by atoms with E-state index in [1.165, 1.54) is 77.0 Å². The Balaban J connectivity index is 3.29. The third-order valence-electron chi connectivity index (χ3n) is 6.05. The van der Waals surface area contributed by atoms with Crippen molar-refractivity contribution in [1.82, 2.24) is 0 Å². The van der Waals surface area contributed by atoms with Crippen LogP contribution in [0.15, 0.2) is 0 Å². The molecule has 0 spiro atoms. The fraction of sp³-hybridized carbons (Fsp3) is 0.889. The fourth-order valence-corrected chi connectivity index (χ4v) is 4.04. The lowest BCUT2D eigenvalue weighted by atomic mass is 10.0. The predicted octanol–water partition coefficient (Wildman–Crippen LogP) is 8.20. The molecule has 0 fully saturated rings. The van der Waals surface area contributed by atoms with Crippen LogP contribution < -0.4 is 0 Å². The lowest BCUT2D eigenvalue weighted by Gasteiger charge is -2.04. The molecule has 0 saturated carbocycles. The molecule has 0 heterocycles. The Bertz CT molecular complexity index is 445. The number of carboxylic acids is 1. The first-order valence-electron chi connectivity index (χ1n) is 13.3. The third kappa shape index (κ3) is 24.9. The van der Waals surface area contributed by atoms with Crippen molar-refractivity contribution in [1.29, 1.82) is 0 Å². The summed E-state index contributed by atoms with van der Waals surface area (Å²) in [5, 5.41) is 8.58. The molecule has 0 aliphatic heterocycles. The summed E-state index contributed by atoms with van der Waals surface area (Å²) in [6.45, 7) is 2.22. The number of hydrogen-bond acceptors (Lipinski definition) is 3. The second kappa shape index (κ2) is 23.5. The van der Waals surface area contributed by atoms with Crippen molar-refractivity contribution in [2.45, 2.75) is 155 Å². The van der Waals surface area contributed by atoms with E-state index in [4.69, 9.17) is 5.11 Å². The number of carbonyl (C=O) groups is 3. The summed E-state index contributed by atoms with van der Waals surface area (Å²) in [6.07, 6.45) is 23.8. The van der Waals surface area contributed by atoms with Gasteiger partial charge in [0.25, 0.3) is 0 Å². The first-order valence-corrected chi connectivity index (χ1v) is 13.3. The lowest BCUT2D eigenvalue weighted by Crippen LogP contribution is -2.07. The molecule has 31 heavy (non-hydrogen) atoms. The Hall–Kier alpha value is -1.19. The van der Waals surface area contributed by atoms with Gasteiger partial charge in [-0.05, 0) is 19.3 Å². The number of carboxylic acid groups (broad SMARTS) is 1. The van der Waals surface area contributed by atoms with Crippen LogP contribution in [0.3, 0.4) is 0 Å². The molecule has 0 unspecified atom stereocenters. The van der Waals surface area contributed by atoms with Gasteiger partial charge in [-0.2, -0.15) is 0 Å². The highest BCUT2D eigenvalue weighted by Gasteiger charge is 2.09. The van der Waals surface area contributed by atoms with Gasteiger partial charge in [-0.25, -0.2) is 0 Å². The van der Waals surface area contributed by atoms with Gasteiger partial charge in [-0.3, -0.25) is 14.4 Å². The average molecular weight is 439 g/mol. The molecule has 0 saturated heterocycles. The van der Waals surface area contributed by atoms with Gasteiger partial charge in [-0.1, -0.05) is 110 Å². The van der Waals surface area contributed by atoms with Gasteiger partial charge < -0.3 is 5.11 Å². The molecule has 4 nitrogen and oxygen atoms in total. The van der Waals surface area contributed by atoms with Crippen LogP contribution >= 0.6 is 0 Å². The monoisotopic (exact) mass is 438 g/mol. The van der Waals surface area contributed by atoms with Gasteiger partial charge in [0.2, 0.25) is 0 Å². The van der Waals surface area contributed by atoms with Crippen LogP contribution in [0.2, 0.25) is 0 Å². The zero-order chi connectivity index (χ0) is 23.0. The van der Waals surface area contributed by atoms with Crippen LogP contribution in [-0.4, -0.2) is 22.6 Å². The molecule has 1 N–H and O–H groups in total. The number of carbonyl (C=O) groups excluding carboxylic acids is 2.